The number of rotatable bonds is 3. The van der Waals surface area contributed by atoms with E-state index in [0.717, 1.165) is 16.8 Å². The van der Waals surface area contributed by atoms with Gasteiger partial charge in [0, 0.05) is 11.1 Å². The second kappa shape index (κ2) is 4.99. The lowest BCUT2D eigenvalue weighted by Gasteiger charge is -1.98. The van der Waals surface area contributed by atoms with Crippen molar-refractivity contribution in [2.75, 3.05) is 0 Å². The number of hydrogen-bond acceptors (Lipinski definition) is 4. The molecule has 0 saturated carbocycles. The maximum absolute atomic E-state index is 5.01. The molecule has 2 heterocycles. The SMILES string of the molecule is S=c1[nH]ncn1N=Cc1cn[nH]c1-c1ccccc1. The van der Waals surface area contributed by atoms with Gasteiger partial charge in [0.25, 0.3) is 0 Å². The molecule has 2 N–H and O–H groups in total. The lowest BCUT2D eigenvalue weighted by atomic mass is 10.1. The quantitative estimate of drug-likeness (QED) is 0.566. The Labute approximate surface area is 113 Å². The van der Waals surface area contributed by atoms with Gasteiger partial charge in [-0.25, -0.2) is 0 Å². The first kappa shape index (κ1) is 11.5. The maximum Gasteiger partial charge on any atom is 0.216 e. The zero-order valence-electron chi connectivity index (χ0n) is 9.82. The van der Waals surface area contributed by atoms with E-state index >= 15 is 0 Å². The van der Waals surface area contributed by atoms with Gasteiger partial charge in [-0.15, -0.1) is 0 Å². The van der Waals surface area contributed by atoms with Crippen molar-refractivity contribution in [1.82, 2.24) is 25.1 Å². The third-order valence-corrected chi connectivity index (χ3v) is 2.87. The minimum absolute atomic E-state index is 0.445. The lowest BCUT2D eigenvalue weighted by Crippen LogP contribution is -1.90. The first-order chi connectivity index (χ1) is 9.34. The number of nitrogens with one attached hydrogen (secondary N) is 2. The molecule has 0 radical (unpaired) electrons. The van der Waals surface area contributed by atoms with Crippen molar-refractivity contribution in [2.24, 2.45) is 5.10 Å². The van der Waals surface area contributed by atoms with E-state index in [0.29, 0.717) is 4.77 Å². The van der Waals surface area contributed by atoms with Crippen LogP contribution in [0.2, 0.25) is 0 Å². The van der Waals surface area contributed by atoms with Crippen molar-refractivity contribution in [1.29, 1.82) is 0 Å². The fourth-order valence-corrected chi connectivity index (χ4v) is 1.83. The van der Waals surface area contributed by atoms with Crippen LogP contribution >= 0.6 is 12.2 Å². The van der Waals surface area contributed by atoms with Crippen molar-refractivity contribution in [3.8, 4) is 11.3 Å². The van der Waals surface area contributed by atoms with Gasteiger partial charge in [0.15, 0.2) is 0 Å². The maximum atomic E-state index is 5.01. The zero-order valence-corrected chi connectivity index (χ0v) is 10.6. The molecule has 0 atom stereocenters. The Morgan fingerprint density at radius 3 is 2.74 bits per heavy atom. The molecule has 0 fully saturated rings. The van der Waals surface area contributed by atoms with Crippen molar-refractivity contribution in [3.05, 3.63) is 53.2 Å². The first-order valence-corrected chi connectivity index (χ1v) is 6.00. The predicted molar refractivity (Wildman–Crippen MR) is 74.4 cm³/mol. The summed E-state index contributed by atoms with van der Waals surface area (Å²) >= 11 is 5.01. The highest BCUT2D eigenvalue weighted by Gasteiger charge is 2.04. The van der Waals surface area contributed by atoms with Crippen LogP contribution in [0.15, 0.2) is 48.0 Å². The molecule has 0 saturated heterocycles. The molecule has 3 aromatic rings. The molecule has 2 aromatic heterocycles. The van der Waals surface area contributed by atoms with Crippen molar-refractivity contribution in [3.63, 3.8) is 0 Å². The van der Waals surface area contributed by atoms with E-state index in [9.17, 15) is 0 Å². The van der Waals surface area contributed by atoms with Gasteiger partial charge in [-0.2, -0.15) is 20.0 Å². The lowest BCUT2D eigenvalue weighted by molar-refractivity contribution is 0.863. The van der Waals surface area contributed by atoms with E-state index in [4.69, 9.17) is 12.2 Å². The fourth-order valence-electron chi connectivity index (χ4n) is 1.68. The molecule has 6 nitrogen and oxygen atoms in total. The summed E-state index contributed by atoms with van der Waals surface area (Å²) in [6, 6.07) is 9.94. The second-order valence-electron chi connectivity index (χ2n) is 3.82. The van der Waals surface area contributed by atoms with Gasteiger partial charge in [0.05, 0.1) is 18.1 Å². The van der Waals surface area contributed by atoms with Crippen LogP contribution in [0.25, 0.3) is 11.3 Å². The van der Waals surface area contributed by atoms with E-state index in [1.165, 1.54) is 11.0 Å². The average Bonchev–Trinajstić information content (AvgIpc) is 3.06. The van der Waals surface area contributed by atoms with Crippen molar-refractivity contribution in [2.45, 2.75) is 0 Å². The Balaban J connectivity index is 1.96. The second-order valence-corrected chi connectivity index (χ2v) is 4.20. The molecule has 1 aromatic carbocycles. The Hall–Kier alpha value is -2.54. The van der Waals surface area contributed by atoms with Gasteiger partial charge in [0.1, 0.15) is 6.33 Å². The molecule has 19 heavy (non-hydrogen) atoms. The fraction of sp³-hybridized carbons (Fsp3) is 0. The molecule has 0 amide bonds. The van der Waals surface area contributed by atoms with Gasteiger partial charge in [0.2, 0.25) is 4.77 Å². The largest absolute Gasteiger partial charge is 0.277 e. The van der Waals surface area contributed by atoms with E-state index in [-0.39, 0.29) is 0 Å². The van der Waals surface area contributed by atoms with Crippen LogP contribution in [-0.2, 0) is 0 Å². The molecule has 0 spiro atoms. The summed E-state index contributed by atoms with van der Waals surface area (Å²) < 4.78 is 1.93. The Kier molecular flexibility index (Phi) is 3.03. The standard InChI is InChI=1S/C12H10N6S/c19-12-17-14-8-18(12)15-7-10-6-13-16-11(10)9-4-2-1-3-5-9/h1-8H,(H,13,16)(H,17,19). The molecule has 7 heteroatoms. The number of aromatic amines is 2. The first-order valence-electron chi connectivity index (χ1n) is 5.60. The molecule has 0 aliphatic carbocycles. The summed E-state index contributed by atoms with van der Waals surface area (Å²) in [5.41, 5.74) is 2.85. The highest BCUT2D eigenvalue weighted by molar-refractivity contribution is 7.71. The van der Waals surface area contributed by atoms with Crippen LogP contribution < -0.4 is 0 Å². The summed E-state index contributed by atoms with van der Waals surface area (Å²) in [4.78, 5) is 0. The van der Waals surface area contributed by atoms with Crippen LogP contribution in [0.5, 0.6) is 0 Å². The van der Waals surface area contributed by atoms with E-state index < -0.39 is 0 Å². The topological polar surface area (TPSA) is 74.7 Å². The van der Waals surface area contributed by atoms with Crippen LogP contribution in [0.1, 0.15) is 5.56 Å². The third-order valence-electron chi connectivity index (χ3n) is 2.59. The Morgan fingerprint density at radius 2 is 2.00 bits per heavy atom. The van der Waals surface area contributed by atoms with Gasteiger partial charge in [-0.05, 0) is 12.2 Å². The molecular formula is C12H10N6S. The summed E-state index contributed by atoms with van der Waals surface area (Å²) in [7, 11) is 0. The third kappa shape index (κ3) is 2.36. The number of aromatic nitrogens is 5. The molecule has 0 aliphatic heterocycles. The number of hydrogen-bond donors (Lipinski definition) is 2. The molecule has 0 aliphatic rings. The summed E-state index contributed by atoms with van der Waals surface area (Å²) in [6.07, 6.45) is 4.92. The number of nitrogens with zero attached hydrogens (tertiary/aromatic N) is 4. The van der Waals surface area contributed by atoms with Crippen LogP contribution in [0.4, 0.5) is 0 Å². The highest BCUT2D eigenvalue weighted by Crippen LogP contribution is 2.18. The van der Waals surface area contributed by atoms with E-state index in [1.54, 1.807) is 12.4 Å². The van der Waals surface area contributed by atoms with E-state index in [1.807, 2.05) is 30.3 Å². The summed E-state index contributed by atoms with van der Waals surface area (Å²) in [5.74, 6) is 0. The van der Waals surface area contributed by atoms with Gasteiger partial charge in [-0.3, -0.25) is 10.2 Å². The molecule has 94 valence electrons. The van der Waals surface area contributed by atoms with Gasteiger partial charge >= 0.3 is 0 Å². The highest BCUT2D eigenvalue weighted by atomic mass is 32.1. The average molecular weight is 270 g/mol. The molecule has 0 unspecified atom stereocenters. The number of benzene rings is 1. The molecule has 3 rings (SSSR count). The zero-order chi connectivity index (χ0) is 13.1. The van der Waals surface area contributed by atoms with Crippen LogP contribution in [0, 0.1) is 4.77 Å². The van der Waals surface area contributed by atoms with E-state index in [2.05, 4.69) is 25.5 Å². The minimum Gasteiger partial charge on any atom is -0.277 e. The van der Waals surface area contributed by atoms with Crippen molar-refractivity contribution < 1.29 is 0 Å². The minimum atomic E-state index is 0.445. The van der Waals surface area contributed by atoms with Crippen LogP contribution in [-0.4, -0.2) is 31.3 Å². The van der Waals surface area contributed by atoms with Gasteiger partial charge in [-0.1, -0.05) is 30.3 Å². The predicted octanol–water partition coefficient (Wildman–Crippen LogP) is 2.21. The molecule has 0 bridgehead atoms. The Morgan fingerprint density at radius 1 is 1.16 bits per heavy atom. The number of H-pyrrole nitrogens is 2. The Bertz CT molecular complexity index is 752. The summed E-state index contributed by atoms with van der Waals surface area (Å²) in [6.45, 7) is 0. The van der Waals surface area contributed by atoms with Crippen LogP contribution in [0.3, 0.4) is 0 Å². The normalized spacial score (nSPS) is 11.2. The monoisotopic (exact) mass is 270 g/mol. The summed E-state index contributed by atoms with van der Waals surface area (Å²) in [5, 5.41) is 17.7. The van der Waals surface area contributed by atoms with Gasteiger partial charge < -0.3 is 0 Å². The van der Waals surface area contributed by atoms with Crippen molar-refractivity contribution >= 4 is 18.4 Å². The molecular weight excluding hydrogens is 260 g/mol. The smallest absolute Gasteiger partial charge is 0.216 e.